The fourth-order valence-corrected chi connectivity index (χ4v) is 3.88. The van der Waals surface area contributed by atoms with Crippen molar-refractivity contribution in [2.75, 3.05) is 12.0 Å². The molecular formula is C27H21N2O6S-. The maximum absolute atomic E-state index is 13.2. The van der Waals surface area contributed by atoms with Gasteiger partial charge in [-0.3, -0.25) is 19.8 Å². The molecular weight excluding hydrogens is 480 g/mol. The number of benzene rings is 3. The summed E-state index contributed by atoms with van der Waals surface area (Å²) in [5, 5.41) is 13.6. The summed E-state index contributed by atoms with van der Waals surface area (Å²) in [6.07, 6.45) is 1.45. The Morgan fingerprint density at radius 1 is 1.06 bits per heavy atom. The van der Waals surface area contributed by atoms with Crippen LogP contribution in [0.25, 0.3) is 6.08 Å². The van der Waals surface area contributed by atoms with Gasteiger partial charge in [-0.15, -0.1) is 0 Å². The van der Waals surface area contributed by atoms with Gasteiger partial charge in [-0.2, -0.15) is 0 Å². The second-order valence-electron chi connectivity index (χ2n) is 7.98. The maximum Gasteiger partial charge on any atom is 0.270 e. The van der Waals surface area contributed by atoms with Crippen LogP contribution in [-0.2, 0) is 16.2 Å². The predicted octanol–water partition coefficient (Wildman–Crippen LogP) is 2.78. The summed E-state index contributed by atoms with van der Waals surface area (Å²) in [4.78, 5) is 38.1. The van der Waals surface area contributed by atoms with Gasteiger partial charge >= 0.3 is 0 Å². The number of carboxylic acids is 1. The van der Waals surface area contributed by atoms with Gasteiger partial charge in [-0.25, -0.2) is 0 Å². The Hall–Kier alpha value is -4.50. The molecule has 0 spiro atoms. The number of anilines is 1. The van der Waals surface area contributed by atoms with Crippen molar-refractivity contribution >= 4 is 46.9 Å². The summed E-state index contributed by atoms with van der Waals surface area (Å²) < 4.78 is 11.2. The second kappa shape index (κ2) is 10.4. The number of methoxy groups -OCH3 is 1. The Labute approximate surface area is 212 Å². The molecule has 0 aromatic heterocycles. The molecule has 3 aromatic carbocycles. The molecule has 3 aromatic rings. The van der Waals surface area contributed by atoms with E-state index in [0.29, 0.717) is 28.3 Å². The van der Waals surface area contributed by atoms with Crippen LogP contribution >= 0.6 is 12.2 Å². The van der Waals surface area contributed by atoms with Crippen LogP contribution in [0.2, 0.25) is 0 Å². The highest BCUT2D eigenvalue weighted by Gasteiger charge is 2.34. The zero-order chi connectivity index (χ0) is 25.8. The third-order valence-electron chi connectivity index (χ3n) is 5.45. The lowest BCUT2D eigenvalue weighted by Gasteiger charge is -2.29. The summed E-state index contributed by atoms with van der Waals surface area (Å²) in [6.45, 7) is 2.03. The summed E-state index contributed by atoms with van der Waals surface area (Å²) in [5.41, 5.74) is 2.72. The van der Waals surface area contributed by atoms with E-state index in [1.54, 1.807) is 42.5 Å². The zero-order valence-electron chi connectivity index (χ0n) is 19.4. The summed E-state index contributed by atoms with van der Waals surface area (Å²) in [7, 11) is 1.46. The summed E-state index contributed by atoms with van der Waals surface area (Å²) in [5.74, 6) is -1.63. The number of nitrogens with zero attached hydrogens (tertiary/aromatic N) is 1. The van der Waals surface area contributed by atoms with E-state index in [1.165, 1.54) is 30.2 Å². The molecule has 2 amide bonds. The maximum atomic E-state index is 13.2. The monoisotopic (exact) mass is 501 g/mol. The van der Waals surface area contributed by atoms with Crippen molar-refractivity contribution in [2.45, 2.75) is 13.5 Å². The molecule has 0 aliphatic carbocycles. The molecule has 1 aliphatic rings. The lowest BCUT2D eigenvalue weighted by molar-refractivity contribution is -0.255. The van der Waals surface area contributed by atoms with Gasteiger partial charge in [0.05, 0.1) is 18.8 Å². The highest BCUT2D eigenvalue weighted by molar-refractivity contribution is 7.80. The highest BCUT2D eigenvalue weighted by atomic mass is 32.1. The molecule has 182 valence electrons. The van der Waals surface area contributed by atoms with Crippen LogP contribution < -0.4 is 24.8 Å². The van der Waals surface area contributed by atoms with Crippen LogP contribution in [-0.4, -0.2) is 30.0 Å². The number of hydrogen-bond donors (Lipinski definition) is 1. The number of carboxylic acid groups (broad SMARTS) is 1. The minimum absolute atomic E-state index is 0.00933. The van der Waals surface area contributed by atoms with Crippen molar-refractivity contribution < 1.29 is 29.0 Å². The van der Waals surface area contributed by atoms with Gasteiger partial charge in [0.15, 0.2) is 16.6 Å². The molecule has 36 heavy (non-hydrogen) atoms. The molecule has 1 N–H and O–H groups in total. The number of nitrogens with one attached hydrogen (secondary N) is 1. The van der Waals surface area contributed by atoms with Crippen molar-refractivity contribution in [2.24, 2.45) is 0 Å². The number of carbonyl (C=O) groups excluding carboxylic acids is 3. The van der Waals surface area contributed by atoms with Crippen LogP contribution in [0.4, 0.5) is 5.69 Å². The average Bonchev–Trinajstić information content (AvgIpc) is 2.86. The van der Waals surface area contributed by atoms with Crippen molar-refractivity contribution in [3.8, 4) is 11.5 Å². The first kappa shape index (κ1) is 24.6. The van der Waals surface area contributed by atoms with E-state index in [1.807, 2.05) is 19.1 Å². The number of ether oxygens (including phenoxy) is 2. The minimum Gasteiger partial charge on any atom is -0.545 e. The number of aryl methyl sites for hydroxylation is 1. The van der Waals surface area contributed by atoms with Crippen LogP contribution in [0.3, 0.4) is 0 Å². The lowest BCUT2D eigenvalue weighted by Crippen LogP contribution is -2.54. The molecule has 0 saturated carbocycles. The Kier molecular flexibility index (Phi) is 7.12. The molecule has 1 aliphatic heterocycles. The molecule has 1 saturated heterocycles. The molecule has 0 bridgehead atoms. The van der Waals surface area contributed by atoms with E-state index in [-0.39, 0.29) is 22.9 Å². The molecule has 1 fully saturated rings. The smallest absolute Gasteiger partial charge is 0.270 e. The van der Waals surface area contributed by atoms with Crippen molar-refractivity contribution in [1.82, 2.24) is 5.32 Å². The van der Waals surface area contributed by atoms with Crippen molar-refractivity contribution in [1.29, 1.82) is 0 Å². The van der Waals surface area contributed by atoms with Gasteiger partial charge in [-0.1, -0.05) is 42.0 Å². The first-order chi connectivity index (χ1) is 17.3. The van der Waals surface area contributed by atoms with Crippen LogP contribution in [0.5, 0.6) is 11.5 Å². The van der Waals surface area contributed by atoms with Crippen LogP contribution in [0, 0.1) is 6.92 Å². The SMILES string of the molecule is COc1cc(C=C2C(=O)NC(=S)N(c3ccc(C)cc3)C2=O)ccc1OCc1cccc(C(=O)[O-])c1. The molecule has 8 nitrogen and oxygen atoms in total. The van der Waals surface area contributed by atoms with E-state index < -0.39 is 17.8 Å². The standard InChI is InChI=1S/C27H22N2O6S/c1-16-6-9-20(10-7-16)29-25(31)21(24(30)28-27(29)36)13-17-8-11-22(23(14-17)34-2)35-15-18-4-3-5-19(12-18)26(32)33/h3-14H,15H2,1-2H3,(H,32,33)(H,28,30,36)/p-1. The molecule has 4 rings (SSSR count). The minimum atomic E-state index is -1.27. The van der Waals surface area contributed by atoms with Gasteiger partial charge in [0.2, 0.25) is 0 Å². The van der Waals surface area contributed by atoms with Gasteiger partial charge in [0, 0.05) is 0 Å². The van der Waals surface area contributed by atoms with E-state index >= 15 is 0 Å². The molecule has 0 atom stereocenters. The largest absolute Gasteiger partial charge is 0.545 e. The number of aromatic carboxylic acids is 1. The predicted molar refractivity (Wildman–Crippen MR) is 135 cm³/mol. The molecule has 9 heteroatoms. The molecule has 0 radical (unpaired) electrons. The number of hydrogen-bond acceptors (Lipinski definition) is 7. The van der Waals surface area contributed by atoms with E-state index in [2.05, 4.69) is 5.32 Å². The number of rotatable bonds is 7. The molecule has 1 heterocycles. The van der Waals surface area contributed by atoms with Gasteiger partial charge < -0.3 is 19.4 Å². The number of amides is 2. The van der Waals surface area contributed by atoms with Crippen molar-refractivity contribution in [3.05, 3.63) is 94.6 Å². The van der Waals surface area contributed by atoms with Gasteiger partial charge in [0.25, 0.3) is 11.8 Å². The normalized spacial score (nSPS) is 14.6. The lowest BCUT2D eigenvalue weighted by atomic mass is 10.1. The quantitative estimate of drug-likeness (QED) is 0.301. The Morgan fingerprint density at radius 2 is 1.81 bits per heavy atom. The Balaban J connectivity index is 1.57. The van der Waals surface area contributed by atoms with Crippen molar-refractivity contribution in [3.63, 3.8) is 0 Å². The highest BCUT2D eigenvalue weighted by Crippen LogP contribution is 2.30. The van der Waals surface area contributed by atoms with Gasteiger partial charge in [-0.05, 0) is 72.2 Å². The second-order valence-corrected chi connectivity index (χ2v) is 8.37. The average molecular weight is 502 g/mol. The number of carbonyl (C=O) groups is 3. The van der Waals surface area contributed by atoms with E-state index in [4.69, 9.17) is 21.7 Å². The van der Waals surface area contributed by atoms with Crippen LogP contribution in [0.15, 0.2) is 72.3 Å². The van der Waals surface area contributed by atoms with Crippen LogP contribution in [0.1, 0.15) is 27.0 Å². The summed E-state index contributed by atoms with van der Waals surface area (Å²) in [6, 6.07) is 18.4. The Bertz CT molecular complexity index is 1400. The third kappa shape index (κ3) is 5.26. The third-order valence-corrected chi connectivity index (χ3v) is 5.73. The Morgan fingerprint density at radius 3 is 2.50 bits per heavy atom. The first-order valence-corrected chi connectivity index (χ1v) is 11.3. The summed E-state index contributed by atoms with van der Waals surface area (Å²) >= 11 is 5.24. The van der Waals surface area contributed by atoms with Gasteiger partial charge in [0.1, 0.15) is 12.2 Å². The van der Waals surface area contributed by atoms with E-state index in [9.17, 15) is 19.5 Å². The molecule has 0 unspecified atom stereocenters. The van der Waals surface area contributed by atoms with E-state index in [0.717, 1.165) is 5.56 Å². The topological polar surface area (TPSA) is 108 Å². The fraction of sp³-hybridized carbons (Fsp3) is 0.111. The first-order valence-electron chi connectivity index (χ1n) is 10.9. The number of thiocarbonyl (C=S) groups is 1. The zero-order valence-corrected chi connectivity index (χ0v) is 20.3. The fourth-order valence-electron chi connectivity index (χ4n) is 3.59.